The summed E-state index contributed by atoms with van der Waals surface area (Å²) in [5.74, 6) is 0. The molecule has 0 spiro atoms. The molecule has 0 aliphatic heterocycles. The van der Waals surface area contributed by atoms with E-state index in [1.807, 2.05) is 32.2 Å². The van der Waals surface area contributed by atoms with Crippen LogP contribution in [0.25, 0.3) is 0 Å². The van der Waals surface area contributed by atoms with Crippen LogP contribution in [0.15, 0.2) is 45.6 Å². The van der Waals surface area contributed by atoms with Gasteiger partial charge in [0, 0.05) is 23.5 Å². The predicted molar refractivity (Wildman–Crippen MR) is 102 cm³/mol. The molecule has 0 amide bonds. The minimum absolute atomic E-state index is 0.240. The second-order valence-corrected chi connectivity index (χ2v) is 7.20. The Hall–Kier alpha value is -1.44. The third kappa shape index (κ3) is 8.76. The zero-order valence-corrected chi connectivity index (χ0v) is 15.8. The van der Waals surface area contributed by atoms with Gasteiger partial charge in [0.15, 0.2) is 0 Å². The van der Waals surface area contributed by atoms with Crippen molar-refractivity contribution < 1.29 is 0 Å². The Morgan fingerprint density at radius 1 is 1.23 bits per heavy atom. The largest absolute Gasteiger partial charge is 0.289 e. The normalized spacial score (nSPS) is 16.3. The smallest absolute Gasteiger partial charge is 0.0716 e. The summed E-state index contributed by atoms with van der Waals surface area (Å²) in [7, 11) is 0. The van der Waals surface area contributed by atoms with Gasteiger partial charge in [-0.1, -0.05) is 45.9 Å². The van der Waals surface area contributed by atoms with E-state index in [0.717, 1.165) is 29.8 Å². The molecular weight excluding hydrogens is 268 g/mol. The summed E-state index contributed by atoms with van der Waals surface area (Å²) in [5, 5.41) is 0. The molecule has 2 nitrogen and oxygen atoms in total. The molecule has 1 atom stereocenters. The van der Waals surface area contributed by atoms with Gasteiger partial charge in [0.25, 0.3) is 0 Å². The zero-order valence-electron chi connectivity index (χ0n) is 15.8. The third-order valence-electron chi connectivity index (χ3n) is 3.22. The minimum Gasteiger partial charge on any atom is -0.289 e. The lowest BCUT2D eigenvalue weighted by Gasteiger charge is -2.20. The van der Waals surface area contributed by atoms with E-state index in [1.54, 1.807) is 0 Å². The standard InChI is InChI=1S/C20H34N2/c1-10-12-19(22-15(3)4)18(14-21-17(6)11-2)16(5)13-20(7,8)9/h10,12,14,17H,3,11,13H2,1-2,4-9H3/b12-10-,18-16-,21-14?,22-19?. The fraction of sp³-hybridized carbons (Fsp3) is 0.600. The second kappa shape index (κ2) is 9.55. The number of allylic oxidation sites excluding steroid dienone is 5. The van der Waals surface area contributed by atoms with Crippen molar-refractivity contribution >= 4 is 11.9 Å². The highest BCUT2D eigenvalue weighted by Gasteiger charge is 2.15. The molecule has 0 bridgehead atoms. The van der Waals surface area contributed by atoms with E-state index in [0.29, 0.717) is 6.04 Å². The molecule has 0 aliphatic carbocycles. The van der Waals surface area contributed by atoms with E-state index < -0.39 is 0 Å². The maximum atomic E-state index is 4.68. The number of nitrogens with zero attached hydrogens (tertiary/aromatic N) is 2. The molecule has 0 fully saturated rings. The first-order valence-corrected chi connectivity index (χ1v) is 8.21. The second-order valence-electron chi connectivity index (χ2n) is 7.20. The van der Waals surface area contributed by atoms with Crippen molar-refractivity contribution in [3.63, 3.8) is 0 Å². The van der Waals surface area contributed by atoms with Gasteiger partial charge in [-0.15, -0.1) is 0 Å². The van der Waals surface area contributed by atoms with E-state index in [4.69, 9.17) is 0 Å². The first-order valence-electron chi connectivity index (χ1n) is 8.21. The highest BCUT2D eigenvalue weighted by atomic mass is 14.8. The van der Waals surface area contributed by atoms with Crippen LogP contribution in [-0.2, 0) is 0 Å². The lowest BCUT2D eigenvalue weighted by Crippen LogP contribution is -2.11. The van der Waals surface area contributed by atoms with Gasteiger partial charge in [-0.2, -0.15) is 0 Å². The van der Waals surface area contributed by atoms with Gasteiger partial charge in [-0.3, -0.25) is 9.98 Å². The average Bonchev–Trinajstić information content (AvgIpc) is 2.35. The highest BCUT2D eigenvalue weighted by Crippen LogP contribution is 2.26. The van der Waals surface area contributed by atoms with Gasteiger partial charge < -0.3 is 0 Å². The Morgan fingerprint density at radius 3 is 2.23 bits per heavy atom. The molecule has 0 aliphatic rings. The molecule has 0 aromatic carbocycles. The van der Waals surface area contributed by atoms with Crippen molar-refractivity contribution in [1.29, 1.82) is 0 Å². The minimum atomic E-state index is 0.240. The van der Waals surface area contributed by atoms with Gasteiger partial charge in [-0.25, -0.2) is 0 Å². The molecule has 1 unspecified atom stereocenters. The molecule has 0 aromatic rings. The van der Waals surface area contributed by atoms with Gasteiger partial charge in [0.05, 0.1) is 5.71 Å². The molecule has 0 aromatic heterocycles. The van der Waals surface area contributed by atoms with E-state index >= 15 is 0 Å². The van der Waals surface area contributed by atoms with Crippen molar-refractivity contribution in [1.82, 2.24) is 0 Å². The maximum Gasteiger partial charge on any atom is 0.0716 e. The van der Waals surface area contributed by atoms with Crippen molar-refractivity contribution in [2.24, 2.45) is 15.4 Å². The van der Waals surface area contributed by atoms with Crippen LogP contribution in [0.4, 0.5) is 0 Å². The van der Waals surface area contributed by atoms with Crippen LogP contribution in [0, 0.1) is 5.41 Å². The van der Waals surface area contributed by atoms with E-state index in [9.17, 15) is 0 Å². The van der Waals surface area contributed by atoms with Crippen molar-refractivity contribution in [3.05, 3.63) is 35.6 Å². The lowest BCUT2D eigenvalue weighted by atomic mass is 9.86. The number of hydrogen-bond acceptors (Lipinski definition) is 2. The fourth-order valence-corrected chi connectivity index (χ4v) is 2.14. The van der Waals surface area contributed by atoms with Crippen molar-refractivity contribution in [3.8, 4) is 0 Å². The monoisotopic (exact) mass is 302 g/mol. The van der Waals surface area contributed by atoms with E-state index in [1.165, 1.54) is 5.57 Å². The Balaban J connectivity index is 5.91. The number of hydrogen-bond donors (Lipinski definition) is 0. The first kappa shape index (κ1) is 20.6. The summed E-state index contributed by atoms with van der Waals surface area (Å²) < 4.78 is 0. The third-order valence-corrected chi connectivity index (χ3v) is 3.22. The van der Waals surface area contributed by atoms with Gasteiger partial charge in [-0.05, 0) is 52.0 Å². The molecule has 22 heavy (non-hydrogen) atoms. The summed E-state index contributed by atoms with van der Waals surface area (Å²) >= 11 is 0. The van der Waals surface area contributed by atoms with Crippen LogP contribution in [0.5, 0.6) is 0 Å². The van der Waals surface area contributed by atoms with Crippen LogP contribution >= 0.6 is 0 Å². The number of aliphatic imine (C=N–C) groups is 2. The molecule has 0 radical (unpaired) electrons. The maximum absolute atomic E-state index is 4.68. The fourth-order valence-electron chi connectivity index (χ4n) is 2.14. The Bertz CT molecular complexity index is 482. The van der Waals surface area contributed by atoms with Crippen LogP contribution in [0.2, 0.25) is 0 Å². The Kier molecular flexibility index (Phi) is 8.93. The molecule has 0 saturated carbocycles. The Labute approximate surface area is 137 Å². The van der Waals surface area contributed by atoms with Gasteiger partial charge >= 0.3 is 0 Å². The van der Waals surface area contributed by atoms with E-state index in [2.05, 4.69) is 58.1 Å². The molecule has 124 valence electrons. The van der Waals surface area contributed by atoms with Crippen molar-refractivity contribution in [2.45, 2.75) is 74.3 Å². The quantitative estimate of drug-likeness (QED) is 0.503. The highest BCUT2D eigenvalue weighted by molar-refractivity contribution is 6.22. The predicted octanol–water partition coefficient (Wildman–Crippen LogP) is 6.16. The molecule has 0 rings (SSSR count). The lowest BCUT2D eigenvalue weighted by molar-refractivity contribution is 0.409. The van der Waals surface area contributed by atoms with Crippen molar-refractivity contribution in [2.75, 3.05) is 0 Å². The average molecular weight is 303 g/mol. The molecular formula is C20H34N2. The molecule has 0 N–H and O–H groups in total. The summed E-state index contributed by atoms with van der Waals surface area (Å²) in [6.45, 7) is 21.1. The van der Waals surface area contributed by atoms with Gasteiger partial charge in [0.2, 0.25) is 0 Å². The van der Waals surface area contributed by atoms with Crippen LogP contribution in [-0.4, -0.2) is 18.0 Å². The summed E-state index contributed by atoms with van der Waals surface area (Å²) in [4.78, 5) is 9.29. The van der Waals surface area contributed by atoms with Gasteiger partial charge in [0.1, 0.15) is 0 Å². The summed E-state index contributed by atoms with van der Waals surface area (Å²) in [5.41, 5.74) is 4.44. The van der Waals surface area contributed by atoms with Crippen LogP contribution < -0.4 is 0 Å². The molecule has 0 saturated heterocycles. The molecule has 2 heteroatoms. The Morgan fingerprint density at radius 2 is 1.82 bits per heavy atom. The summed E-state index contributed by atoms with van der Waals surface area (Å²) in [6, 6.07) is 0.328. The topological polar surface area (TPSA) is 24.7 Å². The summed E-state index contributed by atoms with van der Waals surface area (Å²) in [6.07, 6.45) is 8.11. The molecule has 0 heterocycles. The SMILES string of the molecule is C=C(C)N=C(/C=C\C)/C(C=NC(C)CC)=C(/C)CC(C)(C)C. The van der Waals surface area contributed by atoms with Crippen LogP contribution in [0.3, 0.4) is 0 Å². The van der Waals surface area contributed by atoms with Crippen LogP contribution in [0.1, 0.15) is 68.2 Å². The zero-order chi connectivity index (χ0) is 17.3. The first-order chi connectivity index (χ1) is 10.1. The van der Waals surface area contributed by atoms with E-state index in [-0.39, 0.29) is 5.41 Å². The number of rotatable bonds is 7.